The van der Waals surface area contributed by atoms with Crippen LogP contribution < -0.4 is 11.3 Å². The number of hydrogen-bond acceptors (Lipinski definition) is 8. The molecule has 1 aromatic carbocycles. The number of nitrogens with one attached hydrogen (secondary N) is 1. The molecule has 1 fully saturated rings. The molecule has 1 aliphatic heterocycles. The average Bonchev–Trinajstić information content (AvgIpc) is 3.01. The van der Waals surface area contributed by atoms with E-state index in [-0.39, 0.29) is 39.3 Å². The minimum Gasteiger partial charge on any atom is -0.388 e. The van der Waals surface area contributed by atoms with Gasteiger partial charge in [0, 0.05) is 10.6 Å². The highest BCUT2D eigenvalue weighted by Gasteiger charge is 2.33. The normalized spacial score (nSPS) is 22.0. The fraction of sp³-hybridized carbons (Fsp3) is 0.312. The van der Waals surface area contributed by atoms with Crippen molar-refractivity contribution in [3.8, 4) is 11.4 Å². The van der Waals surface area contributed by atoms with Crippen molar-refractivity contribution in [1.29, 1.82) is 0 Å². The van der Waals surface area contributed by atoms with Crippen molar-refractivity contribution in [1.82, 2.24) is 19.5 Å². The van der Waals surface area contributed by atoms with E-state index in [1.54, 1.807) is 28.8 Å². The molecule has 2 aromatic heterocycles. The summed E-state index contributed by atoms with van der Waals surface area (Å²) in [5.74, 6) is 0.331. The van der Waals surface area contributed by atoms with Gasteiger partial charge in [0.2, 0.25) is 5.95 Å². The standard InChI is InChI=1S/C16H17ClN5O5P/c17-8-3-1-7(2-4-8)13-19-11-14(20-16(18)21-15(11)25)22(13)5-9(23)12-10(24)6-26-28-27-12/h1-4,9-10,12,23-24,28H,5-6H2,(H3,18,20,21,25)/t9-,10?,12?/m1/s1. The van der Waals surface area contributed by atoms with Crippen LogP contribution >= 0.6 is 20.6 Å². The lowest BCUT2D eigenvalue weighted by Gasteiger charge is -2.31. The summed E-state index contributed by atoms with van der Waals surface area (Å²) in [6, 6.07) is 6.86. The van der Waals surface area contributed by atoms with E-state index in [0.717, 1.165) is 0 Å². The van der Waals surface area contributed by atoms with Gasteiger partial charge in [0.25, 0.3) is 5.56 Å². The summed E-state index contributed by atoms with van der Waals surface area (Å²) >= 11 is 5.96. The van der Waals surface area contributed by atoms with Crippen LogP contribution in [0.15, 0.2) is 29.1 Å². The maximum absolute atomic E-state index is 12.3. The van der Waals surface area contributed by atoms with Crippen LogP contribution in [0.25, 0.3) is 22.6 Å². The van der Waals surface area contributed by atoms with Crippen LogP contribution in [0.3, 0.4) is 0 Å². The van der Waals surface area contributed by atoms with Gasteiger partial charge in [0.15, 0.2) is 20.2 Å². The fourth-order valence-corrected chi connectivity index (χ4v) is 3.89. The number of nitrogens with zero attached hydrogens (tertiary/aromatic N) is 3. The van der Waals surface area contributed by atoms with Crippen molar-refractivity contribution >= 4 is 37.7 Å². The van der Waals surface area contributed by atoms with E-state index in [2.05, 4.69) is 15.0 Å². The van der Waals surface area contributed by atoms with Crippen LogP contribution in [-0.4, -0.2) is 54.7 Å². The number of aliphatic hydroxyl groups is 2. The number of nitrogen functional groups attached to an aromatic ring is 1. The van der Waals surface area contributed by atoms with Gasteiger partial charge in [0.1, 0.15) is 24.1 Å². The van der Waals surface area contributed by atoms with Gasteiger partial charge < -0.3 is 29.6 Å². The van der Waals surface area contributed by atoms with Crippen molar-refractivity contribution < 1.29 is 19.3 Å². The van der Waals surface area contributed by atoms with E-state index in [1.807, 2.05) is 0 Å². The van der Waals surface area contributed by atoms with Crippen molar-refractivity contribution in [2.45, 2.75) is 24.9 Å². The Balaban J connectivity index is 1.81. The highest BCUT2D eigenvalue weighted by Crippen LogP contribution is 2.29. The molecule has 0 amide bonds. The van der Waals surface area contributed by atoms with Crippen LogP contribution in [-0.2, 0) is 15.6 Å². The average molecular weight is 426 g/mol. The van der Waals surface area contributed by atoms with Gasteiger partial charge in [0.05, 0.1) is 13.2 Å². The van der Waals surface area contributed by atoms with Crippen molar-refractivity contribution in [3.05, 3.63) is 39.6 Å². The smallest absolute Gasteiger partial charge is 0.280 e. The van der Waals surface area contributed by atoms with Gasteiger partial charge in [-0.1, -0.05) is 11.6 Å². The predicted molar refractivity (Wildman–Crippen MR) is 104 cm³/mol. The maximum atomic E-state index is 12.3. The molecule has 3 unspecified atom stereocenters. The molecule has 4 atom stereocenters. The summed E-state index contributed by atoms with van der Waals surface area (Å²) in [6.45, 7) is 0.0380. The summed E-state index contributed by atoms with van der Waals surface area (Å²) in [5.41, 5.74) is 6.17. The summed E-state index contributed by atoms with van der Waals surface area (Å²) < 4.78 is 12.0. The van der Waals surface area contributed by atoms with Crippen molar-refractivity contribution in [2.75, 3.05) is 12.3 Å². The van der Waals surface area contributed by atoms with Crippen LogP contribution in [0.4, 0.5) is 5.95 Å². The molecule has 4 rings (SSSR count). The second-order valence-corrected chi connectivity index (χ2v) is 7.42. The number of anilines is 1. The van der Waals surface area contributed by atoms with E-state index in [9.17, 15) is 15.0 Å². The Morgan fingerprint density at radius 3 is 2.86 bits per heavy atom. The Kier molecular flexibility index (Phi) is 5.33. The second-order valence-electron chi connectivity index (χ2n) is 6.29. The molecule has 0 spiro atoms. The van der Waals surface area contributed by atoms with Gasteiger partial charge in [-0.3, -0.25) is 9.78 Å². The number of hydrogen-bond donors (Lipinski definition) is 4. The zero-order valence-corrected chi connectivity index (χ0v) is 16.1. The molecular weight excluding hydrogens is 409 g/mol. The van der Waals surface area contributed by atoms with E-state index < -0.39 is 23.9 Å². The molecule has 0 bridgehead atoms. The minimum absolute atomic E-state index is 0.0312. The number of fused-ring (bicyclic) bond motifs is 1. The van der Waals surface area contributed by atoms with Crippen molar-refractivity contribution in [2.24, 2.45) is 0 Å². The molecule has 1 saturated heterocycles. The zero-order chi connectivity index (χ0) is 19.8. The van der Waals surface area contributed by atoms with Crippen LogP contribution in [0.1, 0.15) is 0 Å². The molecule has 3 aromatic rings. The number of imidazole rings is 1. The first kappa shape index (κ1) is 19.3. The molecule has 148 valence electrons. The fourth-order valence-electron chi connectivity index (χ4n) is 3.03. The highest BCUT2D eigenvalue weighted by atomic mass is 35.5. The van der Waals surface area contributed by atoms with Crippen LogP contribution in [0, 0.1) is 0 Å². The SMILES string of the molecule is Nc1nc2c(nc(-c3ccc(Cl)cc3)n2C[C@@H](O)C2OPOCC2O)c(=O)[nH]1. The van der Waals surface area contributed by atoms with Gasteiger partial charge in [-0.2, -0.15) is 4.98 Å². The monoisotopic (exact) mass is 425 g/mol. The summed E-state index contributed by atoms with van der Waals surface area (Å²) in [4.78, 5) is 23.3. The maximum Gasteiger partial charge on any atom is 0.280 e. The van der Waals surface area contributed by atoms with Crippen LogP contribution in [0.2, 0.25) is 5.02 Å². The summed E-state index contributed by atoms with van der Waals surface area (Å²) in [6.07, 6.45) is -2.93. The number of benzene rings is 1. The predicted octanol–water partition coefficient (Wildman–Crippen LogP) is 0.668. The summed E-state index contributed by atoms with van der Waals surface area (Å²) in [5, 5.41) is 21.3. The molecule has 3 heterocycles. The minimum atomic E-state index is -1.10. The first-order valence-electron chi connectivity index (χ1n) is 8.34. The molecule has 0 aliphatic carbocycles. The number of halogens is 1. The first-order valence-corrected chi connectivity index (χ1v) is 9.54. The Morgan fingerprint density at radius 2 is 2.14 bits per heavy atom. The Labute approximate surface area is 165 Å². The van der Waals surface area contributed by atoms with Gasteiger partial charge in [-0.05, 0) is 24.3 Å². The van der Waals surface area contributed by atoms with E-state index in [4.69, 9.17) is 26.4 Å². The lowest BCUT2D eigenvalue weighted by Crippen LogP contribution is -2.44. The zero-order valence-electron chi connectivity index (χ0n) is 14.4. The second kappa shape index (κ2) is 7.75. The number of nitrogens with two attached hydrogens (primary N) is 1. The molecule has 5 N–H and O–H groups in total. The molecule has 1 aliphatic rings. The quantitative estimate of drug-likeness (QED) is 0.446. The molecule has 0 saturated carbocycles. The van der Waals surface area contributed by atoms with E-state index in [1.165, 1.54) is 0 Å². The van der Waals surface area contributed by atoms with Gasteiger partial charge >= 0.3 is 0 Å². The number of aromatic nitrogens is 4. The Morgan fingerprint density at radius 1 is 1.39 bits per heavy atom. The molecular formula is C16H17ClN5O5P. The van der Waals surface area contributed by atoms with Gasteiger partial charge in [-0.15, -0.1) is 0 Å². The topological polar surface area (TPSA) is 149 Å². The van der Waals surface area contributed by atoms with E-state index in [0.29, 0.717) is 16.4 Å². The third-order valence-corrected chi connectivity index (χ3v) is 5.26. The lowest BCUT2D eigenvalue weighted by atomic mass is 10.1. The summed E-state index contributed by atoms with van der Waals surface area (Å²) in [7, 11) is -0.275. The number of aliphatic hydroxyl groups excluding tert-OH is 2. The number of rotatable bonds is 4. The van der Waals surface area contributed by atoms with Crippen LogP contribution in [0.5, 0.6) is 0 Å². The molecule has 28 heavy (non-hydrogen) atoms. The molecule has 12 heteroatoms. The third-order valence-electron chi connectivity index (χ3n) is 4.35. The Bertz CT molecular complexity index is 1060. The number of H-pyrrole nitrogens is 1. The van der Waals surface area contributed by atoms with E-state index >= 15 is 0 Å². The largest absolute Gasteiger partial charge is 0.388 e. The Hall–Kier alpha value is -2.07. The van der Waals surface area contributed by atoms with Crippen molar-refractivity contribution in [3.63, 3.8) is 0 Å². The highest BCUT2D eigenvalue weighted by molar-refractivity contribution is 7.26. The third kappa shape index (κ3) is 3.62. The first-order chi connectivity index (χ1) is 13.4. The lowest BCUT2D eigenvalue weighted by molar-refractivity contribution is -0.0818. The molecule has 10 nitrogen and oxygen atoms in total. The van der Waals surface area contributed by atoms with Gasteiger partial charge in [-0.25, -0.2) is 4.98 Å². The molecule has 0 radical (unpaired) electrons. The number of aromatic amines is 1.